The van der Waals surface area contributed by atoms with Crippen LogP contribution >= 0.6 is 0 Å². The lowest BCUT2D eigenvalue weighted by molar-refractivity contribution is -0.137. The Morgan fingerprint density at radius 2 is 1.73 bits per heavy atom. The van der Waals surface area contributed by atoms with E-state index in [1.807, 2.05) is 11.0 Å². The van der Waals surface area contributed by atoms with Gasteiger partial charge >= 0.3 is 12.0 Å². The summed E-state index contributed by atoms with van der Waals surface area (Å²) >= 11 is 0. The molecule has 1 saturated carbocycles. The van der Waals surface area contributed by atoms with Crippen molar-refractivity contribution >= 4 is 17.7 Å². The first-order valence-electron chi connectivity index (χ1n) is 11.2. The van der Waals surface area contributed by atoms with Crippen LogP contribution in [-0.4, -0.2) is 66.2 Å². The molecular formula is C23H32FN3O3. The van der Waals surface area contributed by atoms with E-state index in [1.54, 1.807) is 11.0 Å². The number of carbonyl (C=O) groups excluding carboxylic acids is 1. The molecule has 2 heterocycles. The molecule has 1 aromatic rings. The molecule has 1 aromatic carbocycles. The number of aliphatic carboxylic acids is 1. The number of amides is 2. The number of halogens is 1. The van der Waals surface area contributed by atoms with Gasteiger partial charge in [0.1, 0.15) is 5.82 Å². The highest BCUT2D eigenvalue weighted by atomic mass is 19.1. The van der Waals surface area contributed by atoms with Crippen LogP contribution in [0.5, 0.6) is 0 Å². The summed E-state index contributed by atoms with van der Waals surface area (Å²) in [6.45, 7) is 3.02. The van der Waals surface area contributed by atoms with Crippen LogP contribution < -0.4 is 4.90 Å². The van der Waals surface area contributed by atoms with Gasteiger partial charge in [-0.05, 0) is 81.2 Å². The van der Waals surface area contributed by atoms with E-state index < -0.39 is 5.97 Å². The molecular weight excluding hydrogens is 385 g/mol. The second-order valence-electron chi connectivity index (χ2n) is 9.11. The van der Waals surface area contributed by atoms with Gasteiger partial charge in [0.15, 0.2) is 0 Å². The van der Waals surface area contributed by atoms with Gasteiger partial charge in [0.05, 0.1) is 5.69 Å². The molecule has 0 unspecified atom stereocenters. The van der Waals surface area contributed by atoms with Gasteiger partial charge in [0.25, 0.3) is 0 Å². The normalized spacial score (nSPS) is 25.3. The predicted octanol–water partition coefficient (Wildman–Crippen LogP) is 3.52. The second-order valence-corrected chi connectivity index (χ2v) is 9.11. The molecule has 1 N–H and O–H groups in total. The highest BCUT2D eigenvalue weighted by Gasteiger charge is 2.37. The molecule has 3 aliphatic rings. The number of carbonyl (C=O) groups is 2. The molecule has 164 valence electrons. The fourth-order valence-electron chi connectivity index (χ4n) is 5.24. The predicted molar refractivity (Wildman–Crippen MR) is 113 cm³/mol. The van der Waals surface area contributed by atoms with Crippen molar-refractivity contribution < 1.29 is 19.1 Å². The van der Waals surface area contributed by atoms with Crippen LogP contribution in [0.15, 0.2) is 12.1 Å². The lowest BCUT2D eigenvalue weighted by Crippen LogP contribution is -2.41. The number of nitrogens with zero attached hydrogens (tertiary/aromatic N) is 3. The van der Waals surface area contributed by atoms with Crippen LogP contribution in [0.3, 0.4) is 0 Å². The topological polar surface area (TPSA) is 64.1 Å². The lowest BCUT2D eigenvalue weighted by atomic mass is 9.83. The average molecular weight is 418 g/mol. The number of hydrogen-bond donors (Lipinski definition) is 1. The van der Waals surface area contributed by atoms with Crippen LogP contribution in [0, 0.1) is 11.7 Å². The van der Waals surface area contributed by atoms with Crippen LogP contribution in [0.25, 0.3) is 0 Å². The van der Waals surface area contributed by atoms with Gasteiger partial charge in [0.2, 0.25) is 0 Å². The molecule has 6 nitrogen and oxygen atoms in total. The van der Waals surface area contributed by atoms with E-state index in [4.69, 9.17) is 5.11 Å². The zero-order valence-electron chi connectivity index (χ0n) is 17.8. The van der Waals surface area contributed by atoms with E-state index in [-0.39, 0.29) is 24.3 Å². The number of benzene rings is 1. The van der Waals surface area contributed by atoms with Crippen molar-refractivity contribution in [1.29, 1.82) is 0 Å². The number of fused-ring (bicyclic) bond motifs is 1. The van der Waals surface area contributed by atoms with Gasteiger partial charge < -0.3 is 14.9 Å². The van der Waals surface area contributed by atoms with Crippen LogP contribution in [-0.2, 0) is 17.6 Å². The van der Waals surface area contributed by atoms with Crippen molar-refractivity contribution in [1.82, 2.24) is 9.80 Å². The molecule has 0 atom stereocenters. The summed E-state index contributed by atoms with van der Waals surface area (Å²) in [5, 5.41) is 8.87. The van der Waals surface area contributed by atoms with Crippen LogP contribution in [0.1, 0.15) is 49.7 Å². The van der Waals surface area contributed by atoms with Crippen molar-refractivity contribution in [2.45, 2.75) is 57.4 Å². The van der Waals surface area contributed by atoms with E-state index in [2.05, 4.69) is 11.9 Å². The molecule has 0 spiro atoms. The average Bonchev–Trinajstić information content (AvgIpc) is 3.01. The quantitative estimate of drug-likeness (QED) is 0.796. The van der Waals surface area contributed by atoms with E-state index in [0.29, 0.717) is 24.7 Å². The molecule has 2 aliphatic heterocycles. The smallest absolute Gasteiger partial charge is 0.324 e. The Bertz CT molecular complexity index is 807. The maximum atomic E-state index is 14.9. The van der Waals surface area contributed by atoms with E-state index in [0.717, 1.165) is 69.2 Å². The molecule has 4 rings (SSSR count). The van der Waals surface area contributed by atoms with Crippen molar-refractivity contribution in [3.63, 3.8) is 0 Å². The number of anilines is 1. The SMILES string of the molecule is CN1CCc2cc(F)c(N3CCN(C4CCC(CCC(=O)O)CC4)C3=O)cc2CC1. The van der Waals surface area contributed by atoms with Crippen molar-refractivity contribution in [2.75, 3.05) is 38.1 Å². The molecule has 0 aromatic heterocycles. The largest absolute Gasteiger partial charge is 0.481 e. The van der Waals surface area contributed by atoms with Gasteiger partial charge in [0, 0.05) is 38.6 Å². The minimum atomic E-state index is -0.739. The number of rotatable bonds is 5. The number of carboxylic acids is 1. The summed E-state index contributed by atoms with van der Waals surface area (Å²) in [7, 11) is 2.08. The molecule has 2 amide bonds. The maximum Gasteiger partial charge on any atom is 0.324 e. The maximum absolute atomic E-state index is 14.9. The fourth-order valence-corrected chi connectivity index (χ4v) is 5.24. The Balaban J connectivity index is 1.41. The minimum absolute atomic E-state index is 0.0893. The number of hydrogen-bond acceptors (Lipinski definition) is 3. The Morgan fingerprint density at radius 1 is 1.07 bits per heavy atom. The van der Waals surface area contributed by atoms with Crippen molar-refractivity contribution in [3.05, 3.63) is 29.1 Å². The molecule has 1 aliphatic carbocycles. The molecule has 0 bridgehead atoms. The monoisotopic (exact) mass is 417 g/mol. The van der Waals surface area contributed by atoms with Gasteiger partial charge in [-0.1, -0.05) is 0 Å². The molecule has 7 heteroatoms. The fraction of sp³-hybridized carbons (Fsp3) is 0.652. The van der Waals surface area contributed by atoms with Crippen molar-refractivity contribution in [3.8, 4) is 0 Å². The Kier molecular flexibility index (Phi) is 6.27. The summed E-state index contributed by atoms with van der Waals surface area (Å²) in [5.74, 6) is -0.603. The first kappa shape index (κ1) is 21.1. The molecule has 0 radical (unpaired) electrons. The molecule has 30 heavy (non-hydrogen) atoms. The number of carboxylic acid groups (broad SMARTS) is 1. The summed E-state index contributed by atoms with van der Waals surface area (Å²) < 4.78 is 14.9. The molecule has 2 fully saturated rings. The first-order chi connectivity index (χ1) is 14.4. The zero-order valence-corrected chi connectivity index (χ0v) is 17.8. The third kappa shape index (κ3) is 4.46. The Morgan fingerprint density at radius 3 is 2.40 bits per heavy atom. The lowest BCUT2D eigenvalue weighted by Gasteiger charge is -2.34. The summed E-state index contributed by atoms with van der Waals surface area (Å²) in [5.41, 5.74) is 2.63. The standard InChI is InChI=1S/C23H32FN3O3/c1-25-10-8-17-14-20(24)21(15-18(17)9-11-25)27-13-12-26(23(27)30)19-5-2-16(3-6-19)4-7-22(28)29/h14-16,19H,2-13H2,1H3,(H,28,29). The Labute approximate surface area is 177 Å². The van der Waals surface area contributed by atoms with Gasteiger partial charge in [-0.15, -0.1) is 0 Å². The highest BCUT2D eigenvalue weighted by molar-refractivity contribution is 5.94. The summed E-state index contributed by atoms with van der Waals surface area (Å²) in [6, 6.07) is 3.62. The van der Waals surface area contributed by atoms with Gasteiger partial charge in [-0.3, -0.25) is 9.69 Å². The second kappa shape index (κ2) is 8.92. The van der Waals surface area contributed by atoms with Crippen molar-refractivity contribution in [2.24, 2.45) is 5.92 Å². The van der Waals surface area contributed by atoms with E-state index in [1.165, 1.54) is 0 Å². The number of likely N-dealkylation sites (N-methyl/N-ethyl adjacent to an activating group) is 1. The van der Waals surface area contributed by atoms with Crippen LogP contribution in [0.4, 0.5) is 14.9 Å². The first-order valence-corrected chi connectivity index (χ1v) is 11.2. The summed E-state index contributed by atoms with van der Waals surface area (Å²) in [4.78, 5) is 29.7. The highest BCUT2D eigenvalue weighted by Crippen LogP contribution is 2.34. The van der Waals surface area contributed by atoms with E-state index >= 15 is 0 Å². The third-order valence-corrected chi connectivity index (χ3v) is 7.15. The van der Waals surface area contributed by atoms with Gasteiger partial charge in [-0.2, -0.15) is 0 Å². The van der Waals surface area contributed by atoms with Crippen LogP contribution in [0.2, 0.25) is 0 Å². The Hall–Kier alpha value is -2.15. The van der Waals surface area contributed by atoms with Gasteiger partial charge in [-0.25, -0.2) is 9.18 Å². The summed E-state index contributed by atoms with van der Waals surface area (Å²) in [6.07, 6.45) is 6.40. The molecule has 1 saturated heterocycles. The zero-order chi connectivity index (χ0) is 21.3. The third-order valence-electron chi connectivity index (χ3n) is 7.15. The number of urea groups is 1. The minimum Gasteiger partial charge on any atom is -0.481 e. The van der Waals surface area contributed by atoms with E-state index in [9.17, 15) is 14.0 Å².